The minimum atomic E-state index is -4.54. The number of rotatable bonds is 4. The lowest BCUT2D eigenvalue weighted by atomic mass is 9.91. The Morgan fingerprint density at radius 3 is 2.33 bits per heavy atom. The number of halogens is 5. The standard InChI is InChI=1S/C19H14F5N3O3/c1-18(13-8-11(20)4-7-14(13)21)16(29)27(17(30)26-18)9-15(28)25-12-5-2-10(3-6-12)19(22,23)24/h2-8H,9H2,1H3,(H,25,28)(H,26,30). The van der Waals surface area contributed by atoms with Crippen molar-refractivity contribution in [1.29, 1.82) is 0 Å². The largest absolute Gasteiger partial charge is 0.416 e. The van der Waals surface area contributed by atoms with Crippen LogP contribution in [0, 0.1) is 11.6 Å². The molecule has 1 aliphatic heterocycles. The average molecular weight is 427 g/mol. The fourth-order valence-corrected chi connectivity index (χ4v) is 2.99. The van der Waals surface area contributed by atoms with Crippen LogP contribution in [-0.2, 0) is 21.3 Å². The molecule has 30 heavy (non-hydrogen) atoms. The Kier molecular flexibility index (Phi) is 5.23. The summed E-state index contributed by atoms with van der Waals surface area (Å²) in [6.07, 6.45) is -4.54. The van der Waals surface area contributed by atoms with Crippen LogP contribution in [0.25, 0.3) is 0 Å². The third-order valence-corrected chi connectivity index (χ3v) is 4.54. The molecule has 1 fully saturated rings. The van der Waals surface area contributed by atoms with E-state index in [4.69, 9.17) is 0 Å². The molecule has 0 radical (unpaired) electrons. The molecule has 1 heterocycles. The fourth-order valence-electron chi connectivity index (χ4n) is 2.99. The zero-order valence-electron chi connectivity index (χ0n) is 15.3. The molecule has 0 aromatic heterocycles. The first-order valence-electron chi connectivity index (χ1n) is 8.48. The van der Waals surface area contributed by atoms with Gasteiger partial charge in [0.25, 0.3) is 5.91 Å². The lowest BCUT2D eigenvalue weighted by Gasteiger charge is -2.22. The molecule has 1 atom stereocenters. The van der Waals surface area contributed by atoms with E-state index in [0.29, 0.717) is 4.90 Å². The van der Waals surface area contributed by atoms with Gasteiger partial charge in [-0.05, 0) is 49.4 Å². The van der Waals surface area contributed by atoms with Gasteiger partial charge in [-0.15, -0.1) is 0 Å². The van der Waals surface area contributed by atoms with Gasteiger partial charge in [0.15, 0.2) is 0 Å². The van der Waals surface area contributed by atoms with Crippen molar-refractivity contribution >= 4 is 23.5 Å². The van der Waals surface area contributed by atoms with E-state index in [2.05, 4.69) is 10.6 Å². The van der Waals surface area contributed by atoms with E-state index in [-0.39, 0.29) is 5.69 Å². The summed E-state index contributed by atoms with van der Waals surface area (Å²) in [7, 11) is 0. The van der Waals surface area contributed by atoms with Gasteiger partial charge in [0.1, 0.15) is 23.7 Å². The van der Waals surface area contributed by atoms with Crippen LogP contribution in [0.4, 0.5) is 32.4 Å². The molecule has 0 aliphatic carbocycles. The summed E-state index contributed by atoms with van der Waals surface area (Å²) in [4.78, 5) is 37.6. The topological polar surface area (TPSA) is 78.5 Å². The molecule has 158 valence electrons. The molecule has 0 saturated carbocycles. The van der Waals surface area contributed by atoms with Gasteiger partial charge in [0, 0.05) is 11.3 Å². The maximum absolute atomic E-state index is 14.1. The second kappa shape index (κ2) is 7.39. The molecular weight excluding hydrogens is 413 g/mol. The molecule has 6 nitrogen and oxygen atoms in total. The van der Waals surface area contributed by atoms with Crippen LogP contribution in [-0.4, -0.2) is 29.3 Å². The van der Waals surface area contributed by atoms with Crippen LogP contribution < -0.4 is 10.6 Å². The Bertz CT molecular complexity index is 1020. The Balaban J connectivity index is 1.74. The van der Waals surface area contributed by atoms with Gasteiger partial charge < -0.3 is 10.6 Å². The molecule has 0 spiro atoms. The zero-order valence-corrected chi connectivity index (χ0v) is 15.3. The number of benzene rings is 2. The van der Waals surface area contributed by atoms with E-state index in [1.165, 1.54) is 6.92 Å². The predicted octanol–water partition coefficient (Wildman–Crippen LogP) is 3.39. The highest BCUT2D eigenvalue weighted by atomic mass is 19.4. The van der Waals surface area contributed by atoms with Crippen LogP contribution in [0.2, 0.25) is 0 Å². The van der Waals surface area contributed by atoms with Crippen molar-refractivity contribution in [2.45, 2.75) is 18.6 Å². The monoisotopic (exact) mass is 427 g/mol. The Labute approximate surface area is 166 Å². The molecule has 2 N–H and O–H groups in total. The number of imide groups is 1. The minimum Gasteiger partial charge on any atom is -0.325 e. The normalized spacial score (nSPS) is 19.1. The van der Waals surface area contributed by atoms with E-state index in [1.807, 2.05) is 0 Å². The van der Waals surface area contributed by atoms with Crippen LogP contribution in [0.1, 0.15) is 18.1 Å². The number of nitrogens with zero attached hydrogens (tertiary/aromatic N) is 1. The summed E-state index contributed by atoms with van der Waals surface area (Å²) in [5.74, 6) is -3.61. The van der Waals surface area contributed by atoms with Gasteiger partial charge in [0.05, 0.1) is 5.56 Å². The summed E-state index contributed by atoms with van der Waals surface area (Å²) in [6.45, 7) is 0.386. The summed E-state index contributed by atoms with van der Waals surface area (Å²) in [5.41, 5.74) is -3.24. The van der Waals surface area contributed by atoms with Gasteiger partial charge in [-0.25, -0.2) is 13.6 Å². The summed E-state index contributed by atoms with van der Waals surface area (Å²) < 4.78 is 65.4. The highest BCUT2D eigenvalue weighted by Crippen LogP contribution is 2.32. The van der Waals surface area contributed by atoms with Crippen molar-refractivity contribution in [2.24, 2.45) is 0 Å². The molecule has 1 unspecified atom stereocenters. The zero-order chi connectivity index (χ0) is 22.3. The van der Waals surface area contributed by atoms with Crippen molar-refractivity contribution in [3.8, 4) is 0 Å². The first-order valence-corrected chi connectivity index (χ1v) is 8.48. The molecule has 0 bridgehead atoms. The Morgan fingerprint density at radius 1 is 1.10 bits per heavy atom. The number of hydrogen-bond donors (Lipinski definition) is 2. The lowest BCUT2D eigenvalue weighted by Crippen LogP contribution is -2.42. The lowest BCUT2D eigenvalue weighted by molar-refractivity contribution is -0.137. The molecule has 2 aromatic rings. The first-order chi connectivity index (χ1) is 13.9. The van der Waals surface area contributed by atoms with Crippen molar-refractivity contribution in [3.63, 3.8) is 0 Å². The molecular formula is C19H14F5N3O3. The number of urea groups is 1. The third-order valence-electron chi connectivity index (χ3n) is 4.54. The van der Waals surface area contributed by atoms with Crippen LogP contribution >= 0.6 is 0 Å². The summed E-state index contributed by atoms with van der Waals surface area (Å²) >= 11 is 0. The second-order valence-corrected chi connectivity index (χ2v) is 6.69. The number of anilines is 1. The number of amides is 4. The van der Waals surface area contributed by atoms with Gasteiger partial charge in [-0.3, -0.25) is 14.5 Å². The number of carbonyl (C=O) groups is 3. The van der Waals surface area contributed by atoms with Gasteiger partial charge >= 0.3 is 12.2 Å². The predicted molar refractivity (Wildman–Crippen MR) is 94.0 cm³/mol. The Morgan fingerprint density at radius 2 is 1.73 bits per heavy atom. The first kappa shape index (κ1) is 21.2. The molecule has 4 amide bonds. The maximum Gasteiger partial charge on any atom is 0.416 e. The minimum absolute atomic E-state index is 0.0130. The highest BCUT2D eigenvalue weighted by molar-refractivity contribution is 6.10. The van der Waals surface area contributed by atoms with Crippen molar-refractivity contribution in [2.75, 3.05) is 11.9 Å². The van der Waals surface area contributed by atoms with Crippen molar-refractivity contribution in [1.82, 2.24) is 10.2 Å². The molecule has 1 saturated heterocycles. The van der Waals surface area contributed by atoms with Gasteiger partial charge in [0.2, 0.25) is 5.91 Å². The average Bonchev–Trinajstić information content (AvgIpc) is 2.87. The van der Waals surface area contributed by atoms with E-state index in [9.17, 15) is 36.3 Å². The quantitative estimate of drug-likeness (QED) is 0.580. The molecule has 2 aromatic carbocycles. The van der Waals surface area contributed by atoms with Crippen LogP contribution in [0.15, 0.2) is 42.5 Å². The van der Waals surface area contributed by atoms with Crippen LogP contribution in [0.3, 0.4) is 0 Å². The summed E-state index contributed by atoms with van der Waals surface area (Å²) in [6, 6.07) is 4.94. The highest BCUT2D eigenvalue weighted by Gasteiger charge is 2.50. The fraction of sp³-hybridized carbons (Fsp3) is 0.211. The van der Waals surface area contributed by atoms with Crippen molar-refractivity contribution in [3.05, 3.63) is 65.2 Å². The number of alkyl halides is 3. The molecule has 11 heteroatoms. The second-order valence-electron chi connectivity index (χ2n) is 6.69. The molecule has 3 rings (SSSR count). The van der Waals surface area contributed by atoms with Crippen LogP contribution in [0.5, 0.6) is 0 Å². The SMILES string of the molecule is CC1(c2cc(F)ccc2F)NC(=O)N(CC(=O)Nc2ccc(C(F)(F)F)cc2)C1=O. The van der Waals surface area contributed by atoms with Gasteiger partial charge in [-0.1, -0.05) is 0 Å². The van der Waals surface area contributed by atoms with E-state index < -0.39 is 58.9 Å². The van der Waals surface area contributed by atoms with E-state index in [0.717, 1.165) is 42.5 Å². The van der Waals surface area contributed by atoms with Crippen molar-refractivity contribution < 1.29 is 36.3 Å². The third kappa shape index (κ3) is 3.95. The van der Waals surface area contributed by atoms with E-state index in [1.54, 1.807) is 0 Å². The molecule has 1 aliphatic rings. The number of hydrogen-bond acceptors (Lipinski definition) is 3. The number of carbonyl (C=O) groups excluding carboxylic acids is 3. The Hall–Kier alpha value is -3.50. The smallest absolute Gasteiger partial charge is 0.325 e. The van der Waals surface area contributed by atoms with Gasteiger partial charge in [-0.2, -0.15) is 13.2 Å². The number of nitrogens with one attached hydrogen (secondary N) is 2. The summed E-state index contributed by atoms with van der Waals surface area (Å²) in [5, 5.41) is 4.50. The van der Waals surface area contributed by atoms with E-state index >= 15 is 0 Å². The maximum atomic E-state index is 14.1.